The number of aromatic nitrogens is 1. The molecule has 0 aliphatic heterocycles. The number of amides is 1. The van der Waals surface area contributed by atoms with E-state index in [4.69, 9.17) is 11.6 Å². The number of anilines is 1. The molecule has 3 aromatic rings. The lowest BCUT2D eigenvalue weighted by Gasteiger charge is -2.08. The second-order valence-corrected chi connectivity index (χ2v) is 10.1. The van der Waals surface area contributed by atoms with Gasteiger partial charge in [-0.2, -0.15) is 0 Å². The van der Waals surface area contributed by atoms with Crippen LogP contribution >= 0.6 is 22.9 Å². The highest BCUT2D eigenvalue weighted by Crippen LogP contribution is 2.42. The number of nitrogens with one attached hydrogen (secondary N) is 1. The summed E-state index contributed by atoms with van der Waals surface area (Å²) in [6, 6.07) is 11.5. The molecule has 0 radical (unpaired) electrons. The van der Waals surface area contributed by atoms with Crippen LogP contribution in [0.4, 0.5) is 5.69 Å². The Bertz CT molecular complexity index is 1150. The summed E-state index contributed by atoms with van der Waals surface area (Å²) >= 11 is 7.80. The Hall–Kier alpha value is -2.22. The van der Waals surface area contributed by atoms with Crippen molar-refractivity contribution in [1.29, 1.82) is 0 Å². The molecule has 1 aliphatic carbocycles. The van der Waals surface area contributed by atoms with Gasteiger partial charge in [0, 0.05) is 28.8 Å². The molecule has 28 heavy (non-hydrogen) atoms. The standard InChI is InChI=1S/C20H17ClN2O3S2/c1-28(25,26)15-8-9-16(17(21)10-15)19(24)22-14-6-4-12(5-7-14)18-11-27-20(23-18)13-2-3-13/h4-11,13H,2-3H2,1H3,(H,22,24). The summed E-state index contributed by atoms with van der Waals surface area (Å²) in [5.41, 5.74) is 2.78. The molecule has 1 aliphatic rings. The zero-order chi connectivity index (χ0) is 19.9. The number of hydrogen-bond acceptors (Lipinski definition) is 5. The summed E-state index contributed by atoms with van der Waals surface area (Å²) in [6.45, 7) is 0. The molecule has 0 atom stereocenters. The lowest BCUT2D eigenvalue weighted by atomic mass is 10.1. The Kier molecular flexibility index (Phi) is 4.99. The third-order valence-electron chi connectivity index (χ3n) is 4.50. The van der Waals surface area contributed by atoms with Crippen LogP contribution in [-0.4, -0.2) is 25.6 Å². The van der Waals surface area contributed by atoms with Crippen molar-refractivity contribution >= 4 is 44.4 Å². The van der Waals surface area contributed by atoms with Crippen LogP contribution in [-0.2, 0) is 9.84 Å². The largest absolute Gasteiger partial charge is 0.322 e. The van der Waals surface area contributed by atoms with Crippen LogP contribution in [0.25, 0.3) is 11.3 Å². The minimum absolute atomic E-state index is 0.0761. The SMILES string of the molecule is CS(=O)(=O)c1ccc(C(=O)Nc2ccc(-c3csc(C4CC4)n3)cc2)c(Cl)c1. The minimum atomic E-state index is -3.38. The normalized spacial score (nSPS) is 14.1. The van der Waals surface area contributed by atoms with Crippen molar-refractivity contribution in [2.24, 2.45) is 0 Å². The van der Waals surface area contributed by atoms with Gasteiger partial charge in [-0.3, -0.25) is 4.79 Å². The third-order valence-corrected chi connectivity index (χ3v) is 6.93. The number of nitrogens with zero attached hydrogens (tertiary/aromatic N) is 1. The van der Waals surface area contributed by atoms with Gasteiger partial charge in [-0.1, -0.05) is 23.7 Å². The topological polar surface area (TPSA) is 76.1 Å². The molecular weight excluding hydrogens is 416 g/mol. The van der Waals surface area contributed by atoms with E-state index in [1.54, 1.807) is 11.3 Å². The highest BCUT2D eigenvalue weighted by Gasteiger charge is 2.26. The summed E-state index contributed by atoms with van der Waals surface area (Å²) in [7, 11) is -3.38. The number of halogens is 1. The van der Waals surface area contributed by atoms with E-state index in [1.807, 2.05) is 24.3 Å². The average Bonchev–Trinajstić information content (AvgIpc) is 3.38. The summed E-state index contributed by atoms with van der Waals surface area (Å²) in [5.74, 6) is 0.235. The van der Waals surface area contributed by atoms with Crippen molar-refractivity contribution < 1.29 is 13.2 Å². The molecule has 8 heteroatoms. The highest BCUT2D eigenvalue weighted by molar-refractivity contribution is 7.90. The zero-order valence-electron chi connectivity index (χ0n) is 15.0. The zero-order valence-corrected chi connectivity index (χ0v) is 17.4. The number of hydrogen-bond donors (Lipinski definition) is 1. The first kappa shape index (κ1) is 19.1. The minimum Gasteiger partial charge on any atom is -0.322 e. The monoisotopic (exact) mass is 432 g/mol. The van der Waals surface area contributed by atoms with Crippen LogP contribution in [0.15, 0.2) is 52.7 Å². The van der Waals surface area contributed by atoms with E-state index in [-0.39, 0.29) is 15.5 Å². The van der Waals surface area contributed by atoms with Crippen LogP contribution in [0.3, 0.4) is 0 Å². The summed E-state index contributed by atoms with van der Waals surface area (Å²) in [5, 5.41) is 6.12. The number of thiazole rings is 1. The Balaban J connectivity index is 1.48. The number of sulfone groups is 1. The van der Waals surface area contributed by atoms with Crippen molar-refractivity contribution in [3.63, 3.8) is 0 Å². The quantitative estimate of drug-likeness (QED) is 0.615. The third kappa shape index (κ3) is 4.11. The fourth-order valence-corrected chi connectivity index (χ4v) is 4.75. The summed E-state index contributed by atoms with van der Waals surface area (Å²) in [4.78, 5) is 17.2. The second kappa shape index (κ2) is 7.31. The van der Waals surface area contributed by atoms with Crippen molar-refractivity contribution in [3.8, 4) is 11.3 Å². The number of benzene rings is 2. The van der Waals surface area contributed by atoms with Gasteiger partial charge in [0.1, 0.15) is 0 Å². The van der Waals surface area contributed by atoms with E-state index in [2.05, 4.69) is 15.7 Å². The van der Waals surface area contributed by atoms with Gasteiger partial charge in [-0.15, -0.1) is 11.3 Å². The van der Waals surface area contributed by atoms with E-state index < -0.39 is 15.7 Å². The van der Waals surface area contributed by atoms with Crippen LogP contribution in [0.1, 0.15) is 34.1 Å². The molecular formula is C20H17ClN2O3S2. The van der Waals surface area contributed by atoms with Crippen LogP contribution in [0, 0.1) is 0 Å². The Morgan fingerprint density at radius 1 is 1.18 bits per heavy atom. The number of rotatable bonds is 5. The van der Waals surface area contributed by atoms with E-state index in [1.165, 1.54) is 36.0 Å². The molecule has 0 bridgehead atoms. The van der Waals surface area contributed by atoms with E-state index in [0.717, 1.165) is 17.5 Å². The van der Waals surface area contributed by atoms with E-state index in [9.17, 15) is 13.2 Å². The summed E-state index contributed by atoms with van der Waals surface area (Å²) in [6.07, 6.45) is 3.55. The molecule has 1 saturated carbocycles. The van der Waals surface area contributed by atoms with Gasteiger partial charge in [0.2, 0.25) is 0 Å². The maximum Gasteiger partial charge on any atom is 0.257 e. The smallest absolute Gasteiger partial charge is 0.257 e. The fraction of sp³-hybridized carbons (Fsp3) is 0.200. The Morgan fingerprint density at radius 3 is 2.50 bits per heavy atom. The molecule has 144 valence electrons. The molecule has 2 aromatic carbocycles. The maximum absolute atomic E-state index is 12.5. The highest BCUT2D eigenvalue weighted by atomic mass is 35.5. The molecule has 1 heterocycles. The lowest BCUT2D eigenvalue weighted by Crippen LogP contribution is -2.13. The van der Waals surface area contributed by atoms with Crippen molar-refractivity contribution in [2.45, 2.75) is 23.7 Å². The predicted molar refractivity (Wildman–Crippen MR) is 112 cm³/mol. The molecule has 1 aromatic heterocycles. The first-order valence-corrected chi connectivity index (χ1v) is 11.8. The number of carbonyl (C=O) groups excluding carboxylic acids is 1. The van der Waals surface area contributed by atoms with Crippen LogP contribution in [0.2, 0.25) is 5.02 Å². The average molecular weight is 433 g/mol. The molecule has 0 spiro atoms. The molecule has 4 rings (SSSR count). The van der Waals surface area contributed by atoms with E-state index >= 15 is 0 Å². The first-order valence-electron chi connectivity index (χ1n) is 8.68. The molecule has 0 unspecified atom stereocenters. The van der Waals surface area contributed by atoms with Gasteiger partial charge in [0.15, 0.2) is 9.84 Å². The van der Waals surface area contributed by atoms with Gasteiger partial charge < -0.3 is 5.32 Å². The second-order valence-electron chi connectivity index (χ2n) is 6.79. The van der Waals surface area contributed by atoms with Gasteiger partial charge in [-0.25, -0.2) is 13.4 Å². The lowest BCUT2D eigenvalue weighted by molar-refractivity contribution is 0.102. The number of carbonyl (C=O) groups is 1. The van der Waals surface area contributed by atoms with Crippen molar-refractivity contribution in [3.05, 3.63) is 63.4 Å². The van der Waals surface area contributed by atoms with E-state index in [0.29, 0.717) is 11.6 Å². The Labute approximate surface area is 172 Å². The molecule has 0 saturated heterocycles. The maximum atomic E-state index is 12.5. The van der Waals surface area contributed by atoms with Gasteiger partial charge >= 0.3 is 0 Å². The molecule has 1 amide bonds. The predicted octanol–water partition coefficient (Wildman–Crippen LogP) is 5.00. The van der Waals surface area contributed by atoms with Crippen molar-refractivity contribution in [1.82, 2.24) is 4.98 Å². The summed E-state index contributed by atoms with van der Waals surface area (Å²) < 4.78 is 23.2. The van der Waals surface area contributed by atoms with Crippen LogP contribution in [0.5, 0.6) is 0 Å². The Morgan fingerprint density at radius 2 is 1.89 bits per heavy atom. The van der Waals surface area contributed by atoms with Crippen LogP contribution < -0.4 is 5.32 Å². The first-order chi connectivity index (χ1) is 13.3. The fourth-order valence-electron chi connectivity index (χ4n) is 2.77. The van der Waals surface area contributed by atoms with Gasteiger partial charge in [0.25, 0.3) is 5.91 Å². The molecule has 5 nitrogen and oxygen atoms in total. The molecule has 1 N–H and O–H groups in total. The van der Waals surface area contributed by atoms with Gasteiger partial charge in [-0.05, 0) is 43.2 Å². The van der Waals surface area contributed by atoms with Gasteiger partial charge in [0.05, 0.1) is 26.2 Å². The molecule has 1 fully saturated rings. The van der Waals surface area contributed by atoms with Crippen molar-refractivity contribution in [2.75, 3.05) is 11.6 Å².